The molecule has 4 heterocycles. The number of benzene rings is 1. The molecule has 0 saturated carbocycles. The molecule has 1 aliphatic heterocycles. The van der Waals surface area contributed by atoms with Crippen LogP contribution < -0.4 is 5.32 Å². The van der Waals surface area contributed by atoms with E-state index in [1.54, 1.807) is 24.5 Å². The van der Waals surface area contributed by atoms with Crippen LogP contribution in [0.1, 0.15) is 34.1 Å². The Hall–Kier alpha value is -3.45. The number of rotatable bonds is 5. The summed E-state index contributed by atoms with van der Waals surface area (Å²) in [5, 5.41) is 7.72. The molecule has 0 radical (unpaired) electrons. The standard InChI is InChI=1S/C24H24N4O3/c1-15(28-10-9-17-6-3-4-7-18(17)14-28)13-25-23(29)19-12-20(21-8-5-11-30-21)26-24-22(19)16(2)27-31-24/h3-8,11-12,15H,9-10,13-14H2,1-2H3,(H,25,29). The summed E-state index contributed by atoms with van der Waals surface area (Å²) in [5.41, 5.74) is 4.79. The molecule has 1 aliphatic rings. The van der Waals surface area contributed by atoms with Crippen molar-refractivity contribution in [1.82, 2.24) is 20.4 Å². The first-order valence-corrected chi connectivity index (χ1v) is 10.5. The third-order valence-electron chi connectivity index (χ3n) is 5.98. The minimum absolute atomic E-state index is 0.171. The van der Waals surface area contributed by atoms with Crippen LogP contribution in [0, 0.1) is 6.92 Å². The second kappa shape index (κ2) is 8.00. The topological polar surface area (TPSA) is 84.4 Å². The number of fused-ring (bicyclic) bond motifs is 2. The molecule has 0 bridgehead atoms. The molecule has 0 saturated heterocycles. The van der Waals surface area contributed by atoms with Crippen LogP contribution in [0.4, 0.5) is 0 Å². The monoisotopic (exact) mass is 416 g/mol. The Bertz CT molecular complexity index is 1230. The number of nitrogens with one attached hydrogen (secondary N) is 1. The second-order valence-electron chi connectivity index (χ2n) is 8.03. The van der Waals surface area contributed by atoms with Crippen LogP contribution in [-0.4, -0.2) is 40.1 Å². The molecule has 7 heteroatoms. The molecule has 3 aromatic heterocycles. The van der Waals surface area contributed by atoms with Crippen molar-refractivity contribution < 1.29 is 13.7 Å². The molecule has 158 valence electrons. The molecule has 31 heavy (non-hydrogen) atoms. The number of aromatic nitrogens is 2. The summed E-state index contributed by atoms with van der Waals surface area (Å²) in [7, 11) is 0. The molecular weight excluding hydrogens is 392 g/mol. The molecule has 4 aromatic rings. The summed E-state index contributed by atoms with van der Waals surface area (Å²) >= 11 is 0. The molecule has 1 N–H and O–H groups in total. The average molecular weight is 416 g/mol. The Morgan fingerprint density at radius 3 is 2.87 bits per heavy atom. The first kappa shape index (κ1) is 19.5. The van der Waals surface area contributed by atoms with E-state index in [4.69, 9.17) is 8.94 Å². The molecule has 5 rings (SSSR count). The predicted octanol–water partition coefficient (Wildman–Crippen LogP) is 3.97. The first-order valence-electron chi connectivity index (χ1n) is 10.5. The minimum atomic E-state index is -0.171. The van der Waals surface area contributed by atoms with E-state index in [-0.39, 0.29) is 11.9 Å². The number of nitrogens with zero attached hydrogens (tertiary/aromatic N) is 3. The number of carbonyl (C=O) groups excluding carboxylic acids is 1. The van der Waals surface area contributed by atoms with E-state index >= 15 is 0 Å². The van der Waals surface area contributed by atoms with Crippen LogP contribution in [0.15, 0.2) is 57.7 Å². The molecule has 0 aliphatic carbocycles. The van der Waals surface area contributed by atoms with Crippen LogP contribution in [-0.2, 0) is 13.0 Å². The van der Waals surface area contributed by atoms with Crippen molar-refractivity contribution in [3.05, 3.63) is 71.1 Å². The molecule has 1 atom stereocenters. The Balaban J connectivity index is 1.34. The lowest BCUT2D eigenvalue weighted by atomic mass is 9.99. The van der Waals surface area contributed by atoms with Crippen molar-refractivity contribution >= 4 is 17.0 Å². The predicted molar refractivity (Wildman–Crippen MR) is 117 cm³/mol. The van der Waals surface area contributed by atoms with Crippen molar-refractivity contribution in [3.8, 4) is 11.5 Å². The Kier molecular flexibility index (Phi) is 5.03. The highest BCUT2D eigenvalue weighted by Gasteiger charge is 2.23. The summed E-state index contributed by atoms with van der Waals surface area (Å²) in [5.74, 6) is 0.404. The van der Waals surface area contributed by atoms with Gasteiger partial charge in [0.05, 0.1) is 22.9 Å². The Morgan fingerprint density at radius 1 is 1.23 bits per heavy atom. The van der Waals surface area contributed by atoms with Gasteiger partial charge in [-0.25, -0.2) is 4.98 Å². The van der Waals surface area contributed by atoms with Gasteiger partial charge in [-0.15, -0.1) is 0 Å². The fourth-order valence-corrected chi connectivity index (χ4v) is 4.18. The minimum Gasteiger partial charge on any atom is -0.463 e. The number of furan rings is 1. The number of amides is 1. The quantitative estimate of drug-likeness (QED) is 0.530. The maximum Gasteiger partial charge on any atom is 0.259 e. The van der Waals surface area contributed by atoms with Crippen LogP contribution in [0.2, 0.25) is 0 Å². The Morgan fingerprint density at radius 2 is 2.06 bits per heavy atom. The fraction of sp³-hybridized carbons (Fsp3) is 0.292. The van der Waals surface area contributed by atoms with Gasteiger partial charge in [0.1, 0.15) is 5.69 Å². The van der Waals surface area contributed by atoms with E-state index < -0.39 is 0 Å². The SMILES string of the molecule is Cc1noc2nc(-c3ccco3)cc(C(=O)NCC(C)N3CCc4ccccc4C3)c12. The lowest BCUT2D eigenvalue weighted by Gasteiger charge is -2.33. The zero-order chi connectivity index (χ0) is 21.4. The van der Waals surface area contributed by atoms with E-state index in [1.807, 2.05) is 6.92 Å². The van der Waals surface area contributed by atoms with Gasteiger partial charge in [-0.2, -0.15) is 0 Å². The van der Waals surface area contributed by atoms with Crippen molar-refractivity contribution in [2.24, 2.45) is 0 Å². The van der Waals surface area contributed by atoms with Crippen molar-refractivity contribution in [2.75, 3.05) is 13.1 Å². The zero-order valence-electron chi connectivity index (χ0n) is 17.6. The van der Waals surface area contributed by atoms with Gasteiger partial charge in [-0.05, 0) is 49.6 Å². The highest BCUT2D eigenvalue weighted by Crippen LogP contribution is 2.27. The van der Waals surface area contributed by atoms with Gasteiger partial charge in [0, 0.05) is 25.7 Å². The smallest absolute Gasteiger partial charge is 0.259 e. The molecule has 1 aromatic carbocycles. The van der Waals surface area contributed by atoms with E-state index in [1.165, 1.54) is 11.1 Å². The third-order valence-corrected chi connectivity index (χ3v) is 5.98. The van der Waals surface area contributed by atoms with Crippen molar-refractivity contribution in [2.45, 2.75) is 32.9 Å². The normalized spacial score (nSPS) is 15.0. The van der Waals surface area contributed by atoms with Crippen LogP contribution >= 0.6 is 0 Å². The maximum absolute atomic E-state index is 13.2. The first-order chi connectivity index (χ1) is 15.1. The number of hydrogen-bond acceptors (Lipinski definition) is 6. The highest BCUT2D eigenvalue weighted by molar-refractivity contribution is 6.06. The van der Waals surface area contributed by atoms with Gasteiger partial charge in [0.15, 0.2) is 5.76 Å². The van der Waals surface area contributed by atoms with Gasteiger partial charge < -0.3 is 14.3 Å². The van der Waals surface area contributed by atoms with Crippen LogP contribution in [0.3, 0.4) is 0 Å². The summed E-state index contributed by atoms with van der Waals surface area (Å²) < 4.78 is 10.8. The van der Waals surface area contributed by atoms with E-state index in [0.717, 1.165) is 19.5 Å². The lowest BCUT2D eigenvalue weighted by molar-refractivity contribution is 0.0934. The molecule has 1 amide bonds. The average Bonchev–Trinajstić information content (AvgIpc) is 3.47. The second-order valence-corrected chi connectivity index (χ2v) is 8.03. The third kappa shape index (κ3) is 3.72. The van der Waals surface area contributed by atoms with Gasteiger partial charge >= 0.3 is 0 Å². The summed E-state index contributed by atoms with van der Waals surface area (Å²) in [6, 6.07) is 14.1. The Labute approximate surface area is 180 Å². The van der Waals surface area contributed by atoms with Gasteiger partial charge in [-0.1, -0.05) is 29.4 Å². The lowest BCUT2D eigenvalue weighted by Crippen LogP contribution is -2.44. The van der Waals surface area contributed by atoms with Gasteiger partial charge in [0.25, 0.3) is 11.6 Å². The molecule has 1 unspecified atom stereocenters. The van der Waals surface area contributed by atoms with E-state index in [0.29, 0.717) is 40.4 Å². The molecular formula is C24H24N4O3. The van der Waals surface area contributed by atoms with Crippen LogP contribution in [0.25, 0.3) is 22.6 Å². The number of aryl methyl sites for hydroxylation is 1. The van der Waals surface area contributed by atoms with E-state index in [2.05, 4.69) is 51.5 Å². The van der Waals surface area contributed by atoms with Gasteiger partial charge in [0.2, 0.25) is 0 Å². The van der Waals surface area contributed by atoms with Crippen LogP contribution in [0.5, 0.6) is 0 Å². The van der Waals surface area contributed by atoms with E-state index in [9.17, 15) is 4.79 Å². The number of pyridine rings is 1. The fourth-order valence-electron chi connectivity index (χ4n) is 4.18. The summed E-state index contributed by atoms with van der Waals surface area (Å²) in [6.45, 7) is 6.40. The van der Waals surface area contributed by atoms with Crippen molar-refractivity contribution in [1.29, 1.82) is 0 Å². The number of hydrogen-bond donors (Lipinski definition) is 1. The molecule has 0 fully saturated rings. The summed E-state index contributed by atoms with van der Waals surface area (Å²) in [4.78, 5) is 20.0. The highest BCUT2D eigenvalue weighted by atomic mass is 16.5. The van der Waals surface area contributed by atoms with Crippen molar-refractivity contribution in [3.63, 3.8) is 0 Å². The largest absolute Gasteiger partial charge is 0.463 e. The molecule has 7 nitrogen and oxygen atoms in total. The number of carbonyl (C=O) groups is 1. The summed E-state index contributed by atoms with van der Waals surface area (Å²) in [6.07, 6.45) is 2.61. The van der Waals surface area contributed by atoms with Gasteiger partial charge in [-0.3, -0.25) is 9.69 Å². The zero-order valence-corrected chi connectivity index (χ0v) is 17.6. The molecule has 0 spiro atoms. The maximum atomic E-state index is 13.2.